The Morgan fingerprint density at radius 1 is 1.18 bits per heavy atom. The molecule has 1 aliphatic carbocycles. The number of para-hydroxylation sites is 1. The minimum absolute atomic E-state index is 0.602. The molecule has 0 radical (unpaired) electrons. The summed E-state index contributed by atoms with van der Waals surface area (Å²) in [6.45, 7) is 0.840. The van der Waals surface area contributed by atoms with Gasteiger partial charge in [0.15, 0.2) is 0 Å². The number of hydrogen-bond donors (Lipinski definition) is 0. The van der Waals surface area contributed by atoms with Gasteiger partial charge in [-0.1, -0.05) is 18.2 Å². The zero-order chi connectivity index (χ0) is 11.7. The molecule has 2 aromatic rings. The molecule has 1 heterocycles. The van der Waals surface area contributed by atoms with E-state index in [2.05, 4.69) is 34.9 Å². The molecule has 0 amide bonds. The summed E-state index contributed by atoms with van der Waals surface area (Å²) in [5, 5.41) is 10.2. The van der Waals surface area contributed by atoms with Crippen LogP contribution in [0.4, 0.5) is 0 Å². The van der Waals surface area contributed by atoms with E-state index < -0.39 is 0 Å². The minimum atomic E-state index is 0.602. The van der Waals surface area contributed by atoms with Crippen molar-refractivity contribution in [3.05, 3.63) is 35.5 Å². The predicted octanol–water partition coefficient (Wildman–Crippen LogP) is 3.43. The topological polar surface area (TPSA) is 28.7 Å². The number of rotatable bonds is 2. The van der Waals surface area contributed by atoms with Gasteiger partial charge in [0, 0.05) is 23.1 Å². The highest BCUT2D eigenvalue weighted by atomic mass is 15.0. The molecule has 0 saturated heterocycles. The van der Waals surface area contributed by atoms with E-state index in [0.717, 1.165) is 6.54 Å². The summed E-state index contributed by atoms with van der Waals surface area (Å²) in [4.78, 5) is 0. The van der Waals surface area contributed by atoms with Gasteiger partial charge < -0.3 is 4.57 Å². The largest absolute Gasteiger partial charge is 0.343 e. The number of nitrogens with zero attached hydrogens (tertiary/aromatic N) is 2. The van der Waals surface area contributed by atoms with Crippen LogP contribution in [0.5, 0.6) is 0 Å². The van der Waals surface area contributed by atoms with Gasteiger partial charge in [0.25, 0.3) is 0 Å². The second-order valence-corrected chi connectivity index (χ2v) is 4.71. The SMILES string of the molecule is N#CCCn1c2c(c3ccccc31)CCCC2. The highest BCUT2D eigenvalue weighted by molar-refractivity contribution is 5.85. The highest BCUT2D eigenvalue weighted by Crippen LogP contribution is 2.32. The van der Waals surface area contributed by atoms with Crippen LogP contribution in [-0.2, 0) is 19.4 Å². The summed E-state index contributed by atoms with van der Waals surface area (Å²) in [7, 11) is 0. The van der Waals surface area contributed by atoms with E-state index in [1.807, 2.05) is 0 Å². The highest BCUT2D eigenvalue weighted by Gasteiger charge is 2.18. The Balaban J connectivity index is 2.21. The first-order valence-corrected chi connectivity index (χ1v) is 6.38. The fourth-order valence-corrected chi connectivity index (χ4v) is 3.00. The second kappa shape index (κ2) is 4.25. The van der Waals surface area contributed by atoms with Gasteiger partial charge in [-0.05, 0) is 37.3 Å². The molecule has 0 aliphatic heterocycles. The van der Waals surface area contributed by atoms with Crippen molar-refractivity contribution in [2.24, 2.45) is 0 Å². The maximum Gasteiger partial charge on any atom is 0.0640 e. The average Bonchev–Trinajstić information content (AvgIpc) is 2.71. The van der Waals surface area contributed by atoms with Crippen LogP contribution in [0.3, 0.4) is 0 Å². The van der Waals surface area contributed by atoms with Crippen molar-refractivity contribution in [1.29, 1.82) is 5.26 Å². The zero-order valence-corrected chi connectivity index (χ0v) is 9.95. The van der Waals surface area contributed by atoms with Gasteiger partial charge in [-0.25, -0.2) is 0 Å². The summed E-state index contributed by atoms with van der Waals surface area (Å²) in [6.07, 6.45) is 5.57. The van der Waals surface area contributed by atoms with Crippen molar-refractivity contribution in [3.63, 3.8) is 0 Å². The van der Waals surface area contributed by atoms with Gasteiger partial charge >= 0.3 is 0 Å². The lowest BCUT2D eigenvalue weighted by atomic mass is 9.95. The quantitative estimate of drug-likeness (QED) is 0.768. The Labute approximate surface area is 101 Å². The van der Waals surface area contributed by atoms with Crippen LogP contribution in [0.2, 0.25) is 0 Å². The van der Waals surface area contributed by atoms with Crippen LogP contribution < -0.4 is 0 Å². The summed E-state index contributed by atoms with van der Waals surface area (Å²) in [6, 6.07) is 10.9. The summed E-state index contributed by atoms with van der Waals surface area (Å²) < 4.78 is 2.37. The summed E-state index contributed by atoms with van der Waals surface area (Å²) in [5.41, 5.74) is 4.33. The van der Waals surface area contributed by atoms with Gasteiger partial charge in [-0.2, -0.15) is 5.26 Å². The van der Waals surface area contributed by atoms with Gasteiger partial charge in [0.1, 0.15) is 0 Å². The smallest absolute Gasteiger partial charge is 0.0640 e. The molecule has 1 aliphatic rings. The molecule has 0 unspecified atom stereocenters. The lowest BCUT2D eigenvalue weighted by Crippen LogP contribution is -2.08. The second-order valence-electron chi connectivity index (χ2n) is 4.71. The van der Waals surface area contributed by atoms with Crippen molar-refractivity contribution < 1.29 is 0 Å². The minimum Gasteiger partial charge on any atom is -0.343 e. The number of aryl methyl sites for hydroxylation is 2. The standard InChI is InChI=1S/C15H16N2/c16-10-5-11-17-14-8-3-1-6-12(14)13-7-2-4-9-15(13)17/h1,3,6,8H,2,4-5,7,9,11H2. The van der Waals surface area contributed by atoms with Crippen LogP contribution in [-0.4, -0.2) is 4.57 Å². The third kappa shape index (κ3) is 1.63. The Morgan fingerprint density at radius 2 is 2.00 bits per heavy atom. The van der Waals surface area contributed by atoms with Crippen molar-refractivity contribution in [2.75, 3.05) is 0 Å². The molecule has 0 saturated carbocycles. The van der Waals surface area contributed by atoms with E-state index in [1.165, 1.54) is 47.8 Å². The molecule has 86 valence electrons. The maximum atomic E-state index is 8.78. The first kappa shape index (κ1) is 10.4. The fraction of sp³-hybridized carbons (Fsp3) is 0.400. The number of benzene rings is 1. The van der Waals surface area contributed by atoms with Gasteiger partial charge in [0.2, 0.25) is 0 Å². The molecular formula is C15H16N2. The molecule has 1 aromatic carbocycles. The first-order chi connectivity index (χ1) is 8.42. The normalized spacial score (nSPS) is 14.5. The number of fused-ring (bicyclic) bond motifs is 3. The number of aromatic nitrogens is 1. The molecule has 0 spiro atoms. The first-order valence-electron chi connectivity index (χ1n) is 6.38. The number of nitriles is 1. The van der Waals surface area contributed by atoms with Crippen LogP contribution in [0, 0.1) is 11.3 Å². The Kier molecular flexibility index (Phi) is 2.60. The summed E-state index contributed by atoms with van der Waals surface area (Å²) in [5.74, 6) is 0. The lowest BCUT2D eigenvalue weighted by Gasteiger charge is -2.15. The van der Waals surface area contributed by atoms with Gasteiger partial charge in [-0.3, -0.25) is 0 Å². The van der Waals surface area contributed by atoms with Gasteiger partial charge in [-0.15, -0.1) is 0 Å². The molecule has 17 heavy (non-hydrogen) atoms. The third-order valence-corrected chi connectivity index (χ3v) is 3.73. The molecule has 3 rings (SSSR count). The van der Waals surface area contributed by atoms with Crippen LogP contribution in [0.15, 0.2) is 24.3 Å². The Hall–Kier alpha value is -1.75. The predicted molar refractivity (Wildman–Crippen MR) is 68.8 cm³/mol. The fourth-order valence-electron chi connectivity index (χ4n) is 3.00. The van der Waals surface area contributed by atoms with E-state index in [0.29, 0.717) is 6.42 Å². The van der Waals surface area contributed by atoms with E-state index in [9.17, 15) is 0 Å². The van der Waals surface area contributed by atoms with Gasteiger partial charge in [0.05, 0.1) is 12.5 Å². The van der Waals surface area contributed by atoms with Crippen molar-refractivity contribution >= 4 is 10.9 Å². The van der Waals surface area contributed by atoms with E-state index in [-0.39, 0.29) is 0 Å². The molecule has 2 nitrogen and oxygen atoms in total. The van der Waals surface area contributed by atoms with E-state index in [1.54, 1.807) is 0 Å². The molecule has 1 aromatic heterocycles. The van der Waals surface area contributed by atoms with Crippen molar-refractivity contribution in [2.45, 2.75) is 38.6 Å². The van der Waals surface area contributed by atoms with Crippen molar-refractivity contribution in [1.82, 2.24) is 4.57 Å². The zero-order valence-electron chi connectivity index (χ0n) is 9.95. The number of hydrogen-bond acceptors (Lipinski definition) is 1. The molecule has 0 fully saturated rings. The molecule has 2 heteroatoms. The van der Waals surface area contributed by atoms with E-state index >= 15 is 0 Å². The van der Waals surface area contributed by atoms with Crippen LogP contribution >= 0.6 is 0 Å². The lowest BCUT2D eigenvalue weighted by molar-refractivity contribution is 0.618. The Bertz CT molecular complexity index is 587. The van der Waals surface area contributed by atoms with Crippen molar-refractivity contribution in [3.8, 4) is 6.07 Å². The molecular weight excluding hydrogens is 208 g/mol. The molecule has 0 atom stereocenters. The van der Waals surface area contributed by atoms with E-state index in [4.69, 9.17) is 5.26 Å². The molecule has 0 N–H and O–H groups in total. The summed E-state index contributed by atoms with van der Waals surface area (Å²) >= 11 is 0. The monoisotopic (exact) mass is 224 g/mol. The van der Waals surface area contributed by atoms with Crippen LogP contribution in [0.1, 0.15) is 30.5 Å². The molecule has 0 bridgehead atoms. The Morgan fingerprint density at radius 3 is 2.88 bits per heavy atom. The average molecular weight is 224 g/mol. The third-order valence-electron chi connectivity index (χ3n) is 3.73. The van der Waals surface area contributed by atoms with Crippen LogP contribution in [0.25, 0.3) is 10.9 Å². The maximum absolute atomic E-state index is 8.78.